The first kappa shape index (κ1) is 16.4. The Kier molecular flexibility index (Phi) is 6.81. The van der Waals surface area contributed by atoms with E-state index in [1.165, 1.54) is 38.5 Å². The minimum Gasteiger partial charge on any atom is -0.370 e. The fourth-order valence-corrected chi connectivity index (χ4v) is 2.50. The third-order valence-corrected chi connectivity index (χ3v) is 3.78. The van der Waals surface area contributed by atoms with Crippen LogP contribution in [0.15, 0.2) is 41.3 Å². The zero-order valence-electron chi connectivity index (χ0n) is 13.4. The number of aliphatic imine (C=N–C) groups is 1. The fraction of sp³-hybridized carbons (Fsp3) is 0.500. The van der Waals surface area contributed by atoms with Crippen LogP contribution in [-0.4, -0.2) is 35.0 Å². The summed E-state index contributed by atoms with van der Waals surface area (Å²) < 4.78 is 0. The molecule has 0 radical (unpaired) electrons. The standard InChI is InChI=1S/C18H25N3O/c1-2-3-4-5-6-9-13-21-14-12-20-17(15-21)18(22)16-10-7-8-11-19-16/h7-8,10-12,15H,2-6,9,13-14H2,1H3. The zero-order chi connectivity index (χ0) is 15.6. The Morgan fingerprint density at radius 2 is 2.00 bits per heavy atom. The van der Waals surface area contributed by atoms with Crippen molar-refractivity contribution in [1.29, 1.82) is 0 Å². The average Bonchev–Trinajstić information content (AvgIpc) is 2.58. The number of aromatic nitrogens is 1. The predicted molar refractivity (Wildman–Crippen MR) is 90.1 cm³/mol. The summed E-state index contributed by atoms with van der Waals surface area (Å²) >= 11 is 0. The molecule has 0 amide bonds. The van der Waals surface area contributed by atoms with Gasteiger partial charge in [0.15, 0.2) is 0 Å². The Balaban J connectivity index is 1.81. The number of Topliss-reactive ketones (excluding diaryl/α,β-unsaturated/α-hetero) is 1. The number of ketones is 1. The molecular formula is C18H25N3O. The molecule has 0 N–H and O–H groups in total. The molecule has 0 fully saturated rings. The van der Waals surface area contributed by atoms with Gasteiger partial charge in [-0.25, -0.2) is 0 Å². The van der Waals surface area contributed by atoms with Crippen LogP contribution in [0.1, 0.15) is 55.9 Å². The van der Waals surface area contributed by atoms with E-state index in [0.29, 0.717) is 11.4 Å². The van der Waals surface area contributed by atoms with Crippen LogP contribution >= 0.6 is 0 Å². The maximum absolute atomic E-state index is 12.3. The second-order valence-corrected chi connectivity index (χ2v) is 5.63. The van der Waals surface area contributed by atoms with Gasteiger partial charge in [-0.05, 0) is 18.6 Å². The number of carbonyl (C=O) groups is 1. The number of allylic oxidation sites excluding steroid dienone is 1. The van der Waals surface area contributed by atoms with Gasteiger partial charge in [-0.3, -0.25) is 14.8 Å². The summed E-state index contributed by atoms with van der Waals surface area (Å²) in [6, 6.07) is 5.35. The summed E-state index contributed by atoms with van der Waals surface area (Å²) in [6.45, 7) is 4.00. The number of carbonyl (C=O) groups excluding carboxylic acids is 1. The summed E-state index contributed by atoms with van der Waals surface area (Å²) in [5.74, 6) is -0.107. The Morgan fingerprint density at radius 1 is 1.18 bits per heavy atom. The number of nitrogens with zero attached hydrogens (tertiary/aromatic N) is 3. The van der Waals surface area contributed by atoms with Crippen molar-refractivity contribution in [2.45, 2.75) is 45.4 Å². The van der Waals surface area contributed by atoms with Crippen LogP contribution in [0.3, 0.4) is 0 Å². The van der Waals surface area contributed by atoms with E-state index in [2.05, 4.69) is 21.8 Å². The highest BCUT2D eigenvalue weighted by molar-refractivity contribution is 6.08. The Bertz CT molecular complexity index is 522. The van der Waals surface area contributed by atoms with Crippen LogP contribution in [0.25, 0.3) is 0 Å². The van der Waals surface area contributed by atoms with Crippen molar-refractivity contribution >= 4 is 12.0 Å². The predicted octanol–water partition coefficient (Wildman–Crippen LogP) is 3.85. The number of hydrogen-bond acceptors (Lipinski definition) is 4. The molecule has 2 heterocycles. The highest BCUT2D eigenvalue weighted by Gasteiger charge is 2.16. The van der Waals surface area contributed by atoms with E-state index in [4.69, 9.17) is 0 Å². The first-order chi connectivity index (χ1) is 10.8. The molecule has 0 aromatic carbocycles. The van der Waals surface area contributed by atoms with E-state index < -0.39 is 0 Å². The first-order valence-corrected chi connectivity index (χ1v) is 8.25. The fourth-order valence-electron chi connectivity index (χ4n) is 2.50. The van der Waals surface area contributed by atoms with Crippen LogP contribution in [0.5, 0.6) is 0 Å². The smallest absolute Gasteiger partial charge is 0.231 e. The van der Waals surface area contributed by atoms with Gasteiger partial charge in [0, 0.05) is 25.2 Å². The molecule has 4 heteroatoms. The Labute approximate surface area is 133 Å². The van der Waals surface area contributed by atoms with Crippen LogP contribution in [0.4, 0.5) is 0 Å². The van der Waals surface area contributed by atoms with Gasteiger partial charge in [-0.2, -0.15) is 0 Å². The average molecular weight is 299 g/mol. The highest BCUT2D eigenvalue weighted by atomic mass is 16.1. The topological polar surface area (TPSA) is 45.6 Å². The lowest BCUT2D eigenvalue weighted by atomic mass is 10.1. The van der Waals surface area contributed by atoms with Crippen molar-refractivity contribution in [3.63, 3.8) is 0 Å². The molecule has 1 aromatic rings. The largest absolute Gasteiger partial charge is 0.370 e. The van der Waals surface area contributed by atoms with Gasteiger partial charge in [0.2, 0.25) is 5.78 Å². The van der Waals surface area contributed by atoms with Crippen molar-refractivity contribution in [2.75, 3.05) is 13.1 Å². The lowest BCUT2D eigenvalue weighted by Gasteiger charge is -2.22. The van der Waals surface area contributed by atoms with E-state index in [-0.39, 0.29) is 5.78 Å². The van der Waals surface area contributed by atoms with E-state index in [0.717, 1.165) is 13.1 Å². The molecule has 22 heavy (non-hydrogen) atoms. The monoisotopic (exact) mass is 299 g/mol. The molecule has 0 unspecified atom stereocenters. The van der Waals surface area contributed by atoms with E-state index in [1.807, 2.05) is 18.5 Å². The van der Waals surface area contributed by atoms with Gasteiger partial charge in [0.05, 0.1) is 6.54 Å². The maximum atomic E-state index is 12.3. The molecule has 2 rings (SSSR count). The van der Waals surface area contributed by atoms with Crippen molar-refractivity contribution in [3.8, 4) is 0 Å². The molecule has 0 atom stereocenters. The molecule has 0 aliphatic carbocycles. The number of unbranched alkanes of at least 4 members (excludes halogenated alkanes) is 5. The highest BCUT2D eigenvalue weighted by Crippen LogP contribution is 2.13. The van der Waals surface area contributed by atoms with E-state index in [1.54, 1.807) is 18.3 Å². The van der Waals surface area contributed by atoms with Gasteiger partial charge in [-0.1, -0.05) is 45.1 Å². The summed E-state index contributed by atoms with van der Waals surface area (Å²) in [4.78, 5) is 22.8. The van der Waals surface area contributed by atoms with Gasteiger partial charge in [0.25, 0.3) is 0 Å². The van der Waals surface area contributed by atoms with Gasteiger partial charge < -0.3 is 4.90 Å². The van der Waals surface area contributed by atoms with Crippen LogP contribution < -0.4 is 0 Å². The summed E-state index contributed by atoms with van der Waals surface area (Å²) in [7, 11) is 0. The third-order valence-electron chi connectivity index (χ3n) is 3.78. The minimum atomic E-state index is -0.107. The van der Waals surface area contributed by atoms with Crippen LogP contribution in [-0.2, 0) is 0 Å². The Morgan fingerprint density at radius 3 is 2.77 bits per heavy atom. The van der Waals surface area contributed by atoms with Gasteiger partial charge >= 0.3 is 0 Å². The second-order valence-electron chi connectivity index (χ2n) is 5.63. The second kappa shape index (κ2) is 9.13. The number of pyridine rings is 1. The molecule has 4 nitrogen and oxygen atoms in total. The Hall–Kier alpha value is -1.97. The SMILES string of the molecule is CCCCCCCCN1C=C(C(=O)c2ccccn2)N=CC1. The molecule has 0 saturated heterocycles. The molecule has 0 spiro atoms. The summed E-state index contributed by atoms with van der Waals surface area (Å²) in [5, 5.41) is 0. The molecular weight excluding hydrogens is 274 g/mol. The normalized spacial score (nSPS) is 14.0. The number of rotatable bonds is 9. The number of hydrogen-bond donors (Lipinski definition) is 0. The zero-order valence-corrected chi connectivity index (χ0v) is 13.4. The molecule has 1 aliphatic rings. The van der Waals surface area contributed by atoms with Crippen molar-refractivity contribution in [3.05, 3.63) is 42.0 Å². The van der Waals surface area contributed by atoms with Gasteiger partial charge in [-0.15, -0.1) is 0 Å². The summed E-state index contributed by atoms with van der Waals surface area (Å²) in [5.41, 5.74) is 0.934. The molecule has 1 aliphatic heterocycles. The lowest BCUT2D eigenvalue weighted by molar-refractivity contribution is 0.102. The van der Waals surface area contributed by atoms with Crippen LogP contribution in [0, 0.1) is 0 Å². The van der Waals surface area contributed by atoms with E-state index in [9.17, 15) is 4.79 Å². The van der Waals surface area contributed by atoms with Crippen molar-refractivity contribution in [2.24, 2.45) is 4.99 Å². The summed E-state index contributed by atoms with van der Waals surface area (Å²) in [6.07, 6.45) is 13.0. The maximum Gasteiger partial charge on any atom is 0.231 e. The van der Waals surface area contributed by atoms with Crippen molar-refractivity contribution in [1.82, 2.24) is 9.88 Å². The molecule has 0 saturated carbocycles. The first-order valence-electron chi connectivity index (χ1n) is 8.25. The van der Waals surface area contributed by atoms with Crippen molar-refractivity contribution < 1.29 is 4.79 Å². The quantitative estimate of drug-likeness (QED) is 0.514. The molecule has 1 aromatic heterocycles. The van der Waals surface area contributed by atoms with E-state index >= 15 is 0 Å². The minimum absolute atomic E-state index is 0.107. The molecule has 118 valence electrons. The third kappa shape index (κ3) is 5.10. The molecule has 0 bridgehead atoms. The van der Waals surface area contributed by atoms with Gasteiger partial charge in [0.1, 0.15) is 11.4 Å². The lowest BCUT2D eigenvalue weighted by Crippen LogP contribution is -2.25. The van der Waals surface area contributed by atoms with Crippen LogP contribution in [0.2, 0.25) is 0 Å².